The van der Waals surface area contributed by atoms with Gasteiger partial charge in [0.1, 0.15) is 11.6 Å². The van der Waals surface area contributed by atoms with Crippen molar-refractivity contribution in [3.8, 4) is 10.6 Å². The fourth-order valence-corrected chi connectivity index (χ4v) is 3.87. The molecule has 4 aromatic heterocycles. The fraction of sp³-hybridized carbons (Fsp3) is 0.118. The third-order valence-electron chi connectivity index (χ3n) is 3.52. The van der Waals surface area contributed by atoms with Crippen molar-refractivity contribution in [1.82, 2.24) is 19.4 Å². The second-order valence-electron chi connectivity index (χ2n) is 5.36. The van der Waals surface area contributed by atoms with E-state index in [1.807, 2.05) is 17.5 Å². The summed E-state index contributed by atoms with van der Waals surface area (Å²) in [5, 5.41) is 4.41. The van der Waals surface area contributed by atoms with E-state index in [-0.39, 0.29) is 18.6 Å². The predicted molar refractivity (Wildman–Crippen MR) is 98.2 cm³/mol. The minimum absolute atomic E-state index is 0.0396. The van der Waals surface area contributed by atoms with Gasteiger partial charge in [-0.1, -0.05) is 0 Å². The topological polar surface area (TPSA) is 86.5 Å². The summed E-state index contributed by atoms with van der Waals surface area (Å²) in [7, 11) is 0. The smallest absolute Gasteiger partial charge is 0.312 e. The highest BCUT2D eigenvalue weighted by atomic mass is 32.1. The first-order valence-electron chi connectivity index (χ1n) is 7.65. The molecule has 130 valence electrons. The molecule has 0 aliphatic carbocycles. The van der Waals surface area contributed by atoms with E-state index in [9.17, 15) is 9.59 Å². The summed E-state index contributed by atoms with van der Waals surface area (Å²) < 4.78 is 6.68. The first kappa shape index (κ1) is 16.6. The number of rotatable bonds is 5. The SMILES string of the molecule is O=C(Cc1csc(-c2cccnc2)n1)OCc1cc(=O)n2ccsc2n1. The molecule has 0 aliphatic heterocycles. The second kappa shape index (κ2) is 7.14. The van der Waals surface area contributed by atoms with Crippen LogP contribution in [0.5, 0.6) is 0 Å². The van der Waals surface area contributed by atoms with Crippen molar-refractivity contribution in [3.63, 3.8) is 0 Å². The Morgan fingerprint density at radius 3 is 3.00 bits per heavy atom. The Hall–Kier alpha value is -2.91. The normalized spacial score (nSPS) is 10.9. The number of carbonyl (C=O) groups is 1. The van der Waals surface area contributed by atoms with E-state index in [0.29, 0.717) is 16.3 Å². The average molecular weight is 384 g/mol. The Balaban J connectivity index is 1.39. The Bertz CT molecular complexity index is 1120. The van der Waals surface area contributed by atoms with Crippen molar-refractivity contribution in [3.05, 3.63) is 69.3 Å². The number of carbonyl (C=O) groups excluding carboxylic acids is 1. The van der Waals surface area contributed by atoms with Gasteiger partial charge in [-0.15, -0.1) is 22.7 Å². The highest BCUT2D eigenvalue weighted by molar-refractivity contribution is 7.15. The zero-order valence-electron chi connectivity index (χ0n) is 13.4. The van der Waals surface area contributed by atoms with Crippen LogP contribution in [0.2, 0.25) is 0 Å². The number of ether oxygens (including phenoxy) is 1. The molecule has 4 rings (SSSR count). The third kappa shape index (κ3) is 3.53. The molecule has 7 nitrogen and oxygen atoms in total. The molecule has 9 heteroatoms. The van der Waals surface area contributed by atoms with Crippen LogP contribution in [0.4, 0.5) is 0 Å². The van der Waals surface area contributed by atoms with Crippen molar-refractivity contribution in [2.75, 3.05) is 0 Å². The molecule has 4 aromatic rings. The third-order valence-corrected chi connectivity index (χ3v) is 5.22. The maximum atomic E-state index is 12.1. The molecular formula is C17H12N4O3S2. The maximum Gasteiger partial charge on any atom is 0.312 e. The van der Waals surface area contributed by atoms with Gasteiger partial charge in [-0.05, 0) is 12.1 Å². The molecule has 0 N–H and O–H groups in total. The quantitative estimate of drug-likeness (QED) is 0.492. The van der Waals surface area contributed by atoms with Crippen LogP contribution in [0.1, 0.15) is 11.4 Å². The fourth-order valence-electron chi connectivity index (χ4n) is 2.33. The minimum atomic E-state index is -0.416. The first-order chi connectivity index (χ1) is 12.7. The van der Waals surface area contributed by atoms with Crippen LogP contribution in [-0.2, 0) is 22.6 Å². The van der Waals surface area contributed by atoms with Crippen molar-refractivity contribution < 1.29 is 9.53 Å². The summed E-state index contributed by atoms with van der Waals surface area (Å²) in [5.41, 5.74) is 1.79. The molecule has 0 radical (unpaired) electrons. The van der Waals surface area contributed by atoms with E-state index in [2.05, 4.69) is 15.0 Å². The number of esters is 1. The largest absolute Gasteiger partial charge is 0.459 e. The lowest BCUT2D eigenvalue weighted by Gasteiger charge is -2.03. The summed E-state index contributed by atoms with van der Waals surface area (Å²) in [4.78, 5) is 37.3. The molecule has 0 aromatic carbocycles. The number of thiazole rings is 2. The predicted octanol–water partition coefficient (Wildman–Crippen LogP) is 2.56. The van der Waals surface area contributed by atoms with E-state index in [1.165, 1.54) is 33.1 Å². The van der Waals surface area contributed by atoms with Gasteiger partial charge in [0, 0.05) is 41.0 Å². The molecule has 0 aliphatic rings. The lowest BCUT2D eigenvalue weighted by Crippen LogP contribution is -2.15. The van der Waals surface area contributed by atoms with Crippen LogP contribution in [0, 0.1) is 0 Å². The van der Waals surface area contributed by atoms with Crippen molar-refractivity contribution in [1.29, 1.82) is 0 Å². The highest BCUT2D eigenvalue weighted by Crippen LogP contribution is 2.22. The number of fused-ring (bicyclic) bond motifs is 1. The van der Waals surface area contributed by atoms with Gasteiger partial charge in [-0.25, -0.2) is 9.97 Å². The van der Waals surface area contributed by atoms with E-state index < -0.39 is 5.97 Å². The summed E-state index contributed by atoms with van der Waals surface area (Å²) in [6.45, 7) is -0.0396. The zero-order valence-corrected chi connectivity index (χ0v) is 15.0. The van der Waals surface area contributed by atoms with Gasteiger partial charge in [-0.3, -0.25) is 19.0 Å². The Labute approximate surface area is 155 Å². The van der Waals surface area contributed by atoms with Gasteiger partial charge in [-0.2, -0.15) is 0 Å². The standard InChI is InChI=1S/C17H12N4O3S2/c22-14-6-12(20-17-21(14)4-5-25-17)9-24-15(23)7-13-10-26-16(19-13)11-2-1-3-18-8-11/h1-6,8,10H,7,9H2. The van der Waals surface area contributed by atoms with Crippen molar-refractivity contribution in [2.24, 2.45) is 0 Å². The number of hydrogen-bond acceptors (Lipinski definition) is 8. The number of nitrogens with zero attached hydrogens (tertiary/aromatic N) is 4. The van der Waals surface area contributed by atoms with Crippen LogP contribution >= 0.6 is 22.7 Å². The van der Waals surface area contributed by atoms with E-state index >= 15 is 0 Å². The summed E-state index contributed by atoms with van der Waals surface area (Å²) in [6.07, 6.45) is 5.15. The van der Waals surface area contributed by atoms with Gasteiger partial charge in [0.05, 0.1) is 17.8 Å². The van der Waals surface area contributed by atoms with Gasteiger partial charge >= 0.3 is 5.97 Å². The molecule has 0 bridgehead atoms. The Kier molecular flexibility index (Phi) is 4.55. The molecule has 4 heterocycles. The first-order valence-corrected chi connectivity index (χ1v) is 9.41. The van der Waals surface area contributed by atoms with Gasteiger partial charge in [0.25, 0.3) is 5.56 Å². The lowest BCUT2D eigenvalue weighted by atomic mass is 10.3. The molecule has 0 spiro atoms. The van der Waals surface area contributed by atoms with Crippen LogP contribution in [0.3, 0.4) is 0 Å². The molecular weight excluding hydrogens is 372 g/mol. The monoisotopic (exact) mass is 384 g/mol. The summed E-state index contributed by atoms with van der Waals surface area (Å²) in [6, 6.07) is 5.12. The number of pyridine rings is 1. The Morgan fingerprint density at radius 1 is 1.23 bits per heavy atom. The van der Waals surface area contributed by atoms with Gasteiger partial charge in [0.2, 0.25) is 0 Å². The second-order valence-corrected chi connectivity index (χ2v) is 7.10. The molecule has 26 heavy (non-hydrogen) atoms. The molecule has 0 saturated carbocycles. The molecule has 0 fully saturated rings. The maximum absolute atomic E-state index is 12.1. The number of aromatic nitrogens is 4. The Morgan fingerprint density at radius 2 is 2.15 bits per heavy atom. The molecule has 0 atom stereocenters. The summed E-state index contributed by atoms with van der Waals surface area (Å²) >= 11 is 2.80. The van der Waals surface area contributed by atoms with Crippen molar-refractivity contribution in [2.45, 2.75) is 13.0 Å². The van der Waals surface area contributed by atoms with Crippen LogP contribution in [-0.4, -0.2) is 25.3 Å². The molecule has 0 saturated heterocycles. The number of hydrogen-bond donors (Lipinski definition) is 0. The molecule has 0 unspecified atom stereocenters. The van der Waals surface area contributed by atoms with Gasteiger partial charge < -0.3 is 4.74 Å². The minimum Gasteiger partial charge on any atom is -0.459 e. The highest BCUT2D eigenvalue weighted by Gasteiger charge is 2.11. The van der Waals surface area contributed by atoms with E-state index in [4.69, 9.17) is 4.74 Å². The van der Waals surface area contributed by atoms with Crippen LogP contribution in [0.25, 0.3) is 15.5 Å². The average Bonchev–Trinajstić information content (AvgIpc) is 3.30. The van der Waals surface area contributed by atoms with E-state index in [0.717, 1.165) is 10.6 Å². The van der Waals surface area contributed by atoms with Crippen LogP contribution in [0.15, 0.2) is 52.3 Å². The van der Waals surface area contributed by atoms with Gasteiger partial charge in [0.15, 0.2) is 4.96 Å². The van der Waals surface area contributed by atoms with E-state index in [1.54, 1.807) is 24.0 Å². The van der Waals surface area contributed by atoms with Crippen molar-refractivity contribution >= 4 is 33.6 Å². The molecule has 0 amide bonds. The summed E-state index contributed by atoms with van der Waals surface area (Å²) in [5.74, 6) is -0.416. The zero-order chi connectivity index (χ0) is 17.9. The lowest BCUT2D eigenvalue weighted by molar-refractivity contribution is -0.144. The van der Waals surface area contributed by atoms with Crippen LogP contribution < -0.4 is 5.56 Å².